The van der Waals surface area contributed by atoms with Crippen molar-refractivity contribution >= 4 is 11.6 Å². The van der Waals surface area contributed by atoms with E-state index in [1.165, 1.54) is 0 Å². The minimum absolute atomic E-state index is 0.0578. The normalized spacial score (nSPS) is 13.2. The number of nitrogens with zero attached hydrogens (tertiary/aromatic N) is 4. The molecule has 132 valence electrons. The number of carbonyl (C=O) groups is 1. The molecule has 0 radical (unpaired) electrons. The smallest absolute Gasteiger partial charge is 0.224 e. The number of carbonyl (C=O) groups excluding carboxylic acids is 1. The Hall–Kier alpha value is -3.22. The van der Waals surface area contributed by atoms with Gasteiger partial charge in [0.25, 0.3) is 0 Å². The fourth-order valence-electron chi connectivity index (χ4n) is 2.99. The number of amides is 1. The molecule has 0 unspecified atom stereocenters. The Kier molecular flexibility index (Phi) is 4.59. The maximum Gasteiger partial charge on any atom is 0.224 e. The molecule has 0 spiro atoms. The second-order valence-electron chi connectivity index (χ2n) is 6.16. The number of aromatic nitrogens is 4. The SMILES string of the molecule is O=C1CCc2ccc(OCCCc3nnnn3-c3ccccc3)cc2N1. The highest BCUT2D eigenvalue weighted by Crippen LogP contribution is 2.27. The first-order valence-corrected chi connectivity index (χ1v) is 8.68. The number of rotatable bonds is 6. The summed E-state index contributed by atoms with van der Waals surface area (Å²) in [5.74, 6) is 1.62. The molecule has 0 saturated carbocycles. The lowest BCUT2D eigenvalue weighted by atomic mass is 10.0. The first-order valence-electron chi connectivity index (χ1n) is 8.68. The van der Waals surface area contributed by atoms with Gasteiger partial charge in [-0.05, 0) is 47.0 Å². The summed E-state index contributed by atoms with van der Waals surface area (Å²) in [6.45, 7) is 0.550. The fraction of sp³-hybridized carbons (Fsp3) is 0.263. The van der Waals surface area contributed by atoms with Gasteiger partial charge in [0.2, 0.25) is 5.91 Å². The second kappa shape index (κ2) is 7.35. The Morgan fingerprint density at radius 2 is 2.00 bits per heavy atom. The summed E-state index contributed by atoms with van der Waals surface area (Å²) in [5, 5.41) is 14.8. The van der Waals surface area contributed by atoms with E-state index in [1.807, 2.05) is 48.5 Å². The molecule has 4 rings (SSSR count). The van der Waals surface area contributed by atoms with Crippen LogP contribution in [0.25, 0.3) is 5.69 Å². The fourth-order valence-corrected chi connectivity index (χ4v) is 2.99. The van der Waals surface area contributed by atoms with E-state index >= 15 is 0 Å². The maximum atomic E-state index is 11.5. The van der Waals surface area contributed by atoms with Crippen molar-refractivity contribution in [3.63, 3.8) is 0 Å². The predicted octanol–water partition coefficient (Wildman–Crippen LogP) is 2.56. The van der Waals surface area contributed by atoms with Gasteiger partial charge in [0.1, 0.15) is 5.75 Å². The molecule has 7 nitrogen and oxygen atoms in total. The van der Waals surface area contributed by atoms with E-state index in [4.69, 9.17) is 4.74 Å². The van der Waals surface area contributed by atoms with Crippen LogP contribution < -0.4 is 10.1 Å². The number of aryl methyl sites for hydroxylation is 2. The molecule has 0 aliphatic carbocycles. The van der Waals surface area contributed by atoms with E-state index in [0.717, 1.165) is 41.4 Å². The third-order valence-corrected chi connectivity index (χ3v) is 4.33. The van der Waals surface area contributed by atoms with Crippen molar-refractivity contribution in [2.75, 3.05) is 11.9 Å². The topological polar surface area (TPSA) is 81.9 Å². The van der Waals surface area contributed by atoms with Crippen LogP contribution in [0.1, 0.15) is 24.2 Å². The van der Waals surface area contributed by atoms with Crippen molar-refractivity contribution in [1.29, 1.82) is 0 Å². The van der Waals surface area contributed by atoms with Crippen LogP contribution in [-0.4, -0.2) is 32.7 Å². The first-order chi connectivity index (χ1) is 12.8. The largest absolute Gasteiger partial charge is 0.494 e. The third-order valence-electron chi connectivity index (χ3n) is 4.33. The average molecular weight is 349 g/mol. The Bertz CT molecular complexity index is 907. The molecule has 0 atom stereocenters. The molecular weight excluding hydrogens is 330 g/mol. The van der Waals surface area contributed by atoms with Gasteiger partial charge in [-0.1, -0.05) is 24.3 Å². The third kappa shape index (κ3) is 3.56. The predicted molar refractivity (Wildman–Crippen MR) is 96.4 cm³/mol. The minimum Gasteiger partial charge on any atom is -0.494 e. The summed E-state index contributed by atoms with van der Waals surface area (Å²) in [4.78, 5) is 11.5. The lowest BCUT2D eigenvalue weighted by Crippen LogP contribution is -2.18. The molecular formula is C19H19N5O2. The number of fused-ring (bicyclic) bond motifs is 1. The summed E-state index contributed by atoms with van der Waals surface area (Å²) in [6.07, 6.45) is 2.83. The maximum absolute atomic E-state index is 11.5. The number of hydrogen-bond acceptors (Lipinski definition) is 5. The lowest BCUT2D eigenvalue weighted by molar-refractivity contribution is -0.116. The molecule has 0 bridgehead atoms. The first kappa shape index (κ1) is 16.3. The molecule has 3 aromatic rings. The van der Waals surface area contributed by atoms with Crippen molar-refractivity contribution in [3.05, 3.63) is 59.9 Å². The van der Waals surface area contributed by atoms with E-state index in [9.17, 15) is 4.79 Å². The van der Waals surface area contributed by atoms with Crippen LogP contribution in [0.15, 0.2) is 48.5 Å². The Morgan fingerprint density at radius 1 is 1.12 bits per heavy atom. The standard InChI is InChI=1S/C19H19N5O2/c25-19-11-9-14-8-10-16(13-17(14)20-19)26-12-4-7-18-21-22-23-24(18)15-5-2-1-3-6-15/h1-3,5-6,8,10,13H,4,7,9,11-12H2,(H,20,25). The van der Waals surface area contributed by atoms with Crippen LogP contribution in [-0.2, 0) is 17.6 Å². The van der Waals surface area contributed by atoms with Crippen LogP contribution >= 0.6 is 0 Å². The molecule has 1 amide bonds. The van der Waals surface area contributed by atoms with E-state index in [1.54, 1.807) is 4.68 Å². The van der Waals surface area contributed by atoms with Gasteiger partial charge in [0.05, 0.1) is 12.3 Å². The van der Waals surface area contributed by atoms with Gasteiger partial charge >= 0.3 is 0 Å². The van der Waals surface area contributed by atoms with Crippen molar-refractivity contribution in [3.8, 4) is 11.4 Å². The van der Waals surface area contributed by atoms with Gasteiger partial charge in [-0.15, -0.1) is 5.10 Å². The zero-order valence-electron chi connectivity index (χ0n) is 14.3. The molecule has 1 N–H and O–H groups in total. The molecule has 2 aromatic carbocycles. The van der Waals surface area contributed by atoms with Crippen molar-refractivity contribution in [2.24, 2.45) is 0 Å². The number of tetrazole rings is 1. The number of benzene rings is 2. The highest BCUT2D eigenvalue weighted by molar-refractivity contribution is 5.94. The van der Waals surface area contributed by atoms with E-state index in [-0.39, 0.29) is 5.91 Å². The minimum atomic E-state index is 0.0578. The molecule has 1 aliphatic rings. The number of anilines is 1. The number of hydrogen-bond donors (Lipinski definition) is 1. The van der Waals surface area contributed by atoms with E-state index < -0.39 is 0 Å². The van der Waals surface area contributed by atoms with Gasteiger partial charge in [-0.25, -0.2) is 0 Å². The van der Waals surface area contributed by atoms with Crippen molar-refractivity contribution in [1.82, 2.24) is 20.2 Å². The van der Waals surface area contributed by atoms with Crippen LogP contribution in [0, 0.1) is 0 Å². The molecule has 0 fully saturated rings. The van der Waals surface area contributed by atoms with E-state index in [2.05, 4.69) is 20.8 Å². The van der Waals surface area contributed by atoms with Crippen molar-refractivity contribution in [2.45, 2.75) is 25.7 Å². The van der Waals surface area contributed by atoms with Gasteiger partial charge in [0.15, 0.2) is 5.82 Å². The van der Waals surface area contributed by atoms with Crippen LogP contribution in [0.5, 0.6) is 5.75 Å². The molecule has 1 aromatic heterocycles. The van der Waals surface area contributed by atoms with Gasteiger partial charge in [0, 0.05) is 24.6 Å². The monoisotopic (exact) mass is 349 g/mol. The molecule has 2 heterocycles. The molecule has 7 heteroatoms. The second-order valence-corrected chi connectivity index (χ2v) is 6.16. The van der Waals surface area contributed by atoms with Crippen LogP contribution in [0.2, 0.25) is 0 Å². The average Bonchev–Trinajstić information content (AvgIpc) is 3.14. The van der Waals surface area contributed by atoms with Crippen molar-refractivity contribution < 1.29 is 9.53 Å². The van der Waals surface area contributed by atoms with Gasteiger partial charge in [-0.3, -0.25) is 4.79 Å². The quantitative estimate of drug-likeness (QED) is 0.692. The zero-order valence-corrected chi connectivity index (χ0v) is 14.3. The van der Waals surface area contributed by atoms with Gasteiger partial charge < -0.3 is 10.1 Å². The van der Waals surface area contributed by atoms with Crippen LogP contribution in [0.4, 0.5) is 5.69 Å². The Balaban J connectivity index is 1.33. The summed E-state index contributed by atoms with van der Waals surface area (Å²) >= 11 is 0. The summed E-state index contributed by atoms with van der Waals surface area (Å²) in [6, 6.07) is 15.7. The summed E-state index contributed by atoms with van der Waals surface area (Å²) < 4.78 is 7.57. The molecule has 26 heavy (non-hydrogen) atoms. The summed E-state index contributed by atoms with van der Waals surface area (Å²) in [5.41, 5.74) is 2.95. The zero-order chi connectivity index (χ0) is 17.8. The number of nitrogens with one attached hydrogen (secondary N) is 1. The highest BCUT2D eigenvalue weighted by Gasteiger charge is 2.15. The van der Waals surface area contributed by atoms with E-state index in [0.29, 0.717) is 19.4 Å². The molecule has 1 aliphatic heterocycles. The lowest BCUT2D eigenvalue weighted by Gasteiger charge is -2.17. The highest BCUT2D eigenvalue weighted by atomic mass is 16.5. The van der Waals surface area contributed by atoms with Crippen LogP contribution in [0.3, 0.4) is 0 Å². The molecule has 0 saturated heterocycles. The Morgan fingerprint density at radius 3 is 2.88 bits per heavy atom. The number of ether oxygens (including phenoxy) is 1. The van der Waals surface area contributed by atoms with Gasteiger partial charge in [-0.2, -0.15) is 4.68 Å². The number of para-hydroxylation sites is 1. The Labute approximate surface area is 151 Å². The summed E-state index contributed by atoms with van der Waals surface area (Å²) in [7, 11) is 0.